The van der Waals surface area contributed by atoms with Crippen molar-refractivity contribution in [2.75, 3.05) is 5.32 Å². The maximum atomic E-state index is 12.4. The number of rotatable bonds is 4. The summed E-state index contributed by atoms with van der Waals surface area (Å²) >= 11 is 0. The Morgan fingerprint density at radius 1 is 1.29 bits per heavy atom. The molecule has 0 fully saturated rings. The van der Waals surface area contributed by atoms with E-state index < -0.39 is 17.6 Å². The highest BCUT2D eigenvalue weighted by Crippen LogP contribution is 2.29. The van der Waals surface area contributed by atoms with Crippen molar-refractivity contribution in [3.63, 3.8) is 0 Å². The minimum atomic E-state index is -4.40. The SMILES string of the molecule is CC(C)NC(=O)/C(C#N)=C\Nc1ccc(C(F)(F)F)cc1. The molecular formula is C14H14F3N3O. The van der Waals surface area contributed by atoms with Crippen LogP contribution in [0.3, 0.4) is 0 Å². The Hall–Kier alpha value is -2.49. The third-order valence-electron chi connectivity index (χ3n) is 2.38. The molecule has 0 saturated carbocycles. The zero-order chi connectivity index (χ0) is 16.0. The largest absolute Gasteiger partial charge is 0.416 e. The highest BCUT2D eigenvalue weighted by atomic mass is 19.4. The first kappa shape index (κ1) is 16.6. The van der Waals surface area contributed by atoms with E-state index in [1.807, 2.05) is 0 Å². The minimum Gasteiger partial charge on any atom is -0.360 e. The molecule has 0 saturated heterocycles. The number of nitriles is 1. The highest BCUT2D eigenvalue weighted by molar-refractivity contribution is 5.97. The van der Waals surface area contributed by atoms with Gasteiger partial charge in [-0.1, -0.05) is 0 Å². The molecular weight excluding hydrogens is 283 g/mol. The molecule has 0 spiro atoms. The molecule has 7 heteroatoms. The summed E-state index contributed by atoms with van der Waals surface area (Å²) < 4.78 is 37.2. The fraction of sp³-hybridized carbons (Fsp3) is 0.286. The van der Waals surface area contributed by atoms with Gasteiger partial charge in [-0.05, 0) is 38.1 Å². The number of amides is 1. The minimum absolute atomic E-state index is 0.125. The monoisotopic (exact) mass is 297 g/mol. The normalized spacial score (nSPS) is 12.0. The van der Waals surface area contributed by atoms with E-state index in [1.165, 1.54) is 12.1 Å². The smallest absolute Gasteiger partial charge is 0.360 e. The van der Waals surface area contributed by atoms with Crippen molar-refractivity contribution in [1.82, 2.24) is 5.32 Å². The Kier molecular flexibility index (Phi) is 5.36. The second-order valence-electron chi connectivity index (χ2n) is 4.52. The third kappa shape index (κ3) is 5.18. The van der Waals surface area contributed by atoms with Gasteiger partial charge in [0.15, 0.2) is 0 Å². The zero-order valence-electron chi connectivity index (χ0n) is 11.5. The Morgan fingerprint density at radius 2 is 1.86 bits per heavy atom. The average Bonchev–Trinajstić information content (AvgIpc) is 2.38. The summed E-state index contributed by atoms with van der Waals surface area (Å²) in [6, 6.07) is 5.86. The second-order valence-corrected chi connectivity index (χ2v) is 4.52. The van der Waals surface area contributed by atoms with Crippen molar-refractivity contribution in [1.29, 1.82) is 5.26 Å². The summed E-state index contributed by atoms with van der Waals surface area (Å²) in [5, 5.41) is 14.0. The first-order chi connectivity index (χ1) is 9.74. The fourth-order valence-corrected chi connectivity index (χ4v) is 1.40. The van der Waals surface area contributed by atoms with Crippen molar-refractivity contribution in [3.05, 3.63) is 41.6 Å². The average molecular weight is 297 g/mol. The van der Waals surface area contributed by atoms with Crippen molar-refractivity contribution >= 4 is 11.6 Å². The van der Waals surface area contributed by atoms with E-state index in [4.69, 9.17) is 5.26 Å². The third-order valence-corrected chi connectivity index (χ3v) is 2.38. The predicted molar refractivity (Wildman–Crippen MR) is 72.0 cm³/mol. The number of benzene rings is 1. The molecule has 1 rings (SSSR count). The summed E-state index contributed by atoms with van der Waals surface area (Å²) in [4.78, 5) is 11.6. The van der Waals surface area contributed by atoms with Gasteiger partial charge in [-0.25, -0.2) is 0 Å². The molecule has 0 bridgehead atoms. The molecule has 0 aliphatic rings. The lowest BCUT2D eigenvalue weighted by atomic mass is 10.2. The van der Waals surface area contributed by atoms with Gasteiger partial charge >= 0.3 is 6.18 Å². The van der Waals surface area contributed by atoms with Crippen LogP contribution in [0.4, 0.5) is 18.9 Å². The lowest BCUT2D eigenvalue weighted by Gasteiger charge is -2.09. The highest BCUT2D eigenvalue weighted by Gasteiger charge is 2.29. The summed E-state index contributed by atoms with van der Waals surface area (Å²) in [5.41, 5.74) is -0.591. The van der Waals surface area contributed by atoms with Gasteiger partial charge in [0.2, 0.25) is 0 Å². The van der Waals surface area contributed by atoms with Gasteiger partial charge in [-0.3, -0.25) is 4.79 Å². The van der Waals surface area contributed by atoms with E-state index in [9.17, 15) is 18.0 Å². The number of hydrogen-bond acceptors (Lipinski definition) is 3. The summed E-state index contributed by atoms with van der Waals surface area (Å²) in [7, 11) is 0. The molecule has 0 heterocycles. The van der Waals surface area contributed by atoms with E-state index in [0.717, 1.165) is 18.3 Å². The van der Waals surface area contributed by atoms with Crippen molar-refractivity contribution < 1.29 is 18.0 Å². The van der Waals surface area contributed by atoms with Crippen LogP contribution in [-0.4, -0.2) is 11.9 Å². The molecule has 21 heavy (non-hydrogen) atoms. The van der Waals surface area contributed by atoms with Crippen LogP contribution in [0.25, 0.3) is 0 Å². The summed E-state index contributed by atoms with van der Waals surface area (Å²) in [5.74, 6) is -0.549. The molecule has 1 amide bonds. The van der Waals surface area contributed by atoms with Crippen LogP contribution in [0.1, 0.15) is 19.4 Å². The topological polar surface area (TPSA) is 64.9 Å². The van der Waals surface area contributed by atoms with Crippen LogP contribution in [0, 0.1) is 11.3 Å². The van der Waals surface area contributed by atoms with E-state index in [0.29, 0.717) is 5.69 Å². The molecule has 1 aromatic carbocycles. The zero-order valence-corrected chi connectivity index (χ0v) is 11.5. The number of hydrogen-bond donors (Lipinski definition) is 2. The van der Waals surface area contributed by atoms with Gasteiger partial charge < -0.3 is 10.6 Å². The van der Waals surface area contributed by atoms with Crippen LogP contribution in [0.15, 0.2) is 36.0 Å². The van der Waals surface area contributed by atoms with Gasteiger partial charge in [0, 0.05) is 17.9 Å². The second kappa shape index (κ2) is 6.79. The van der Waals surface area contributed by atoms with Crippen LogP contribution >= 0.6 is 0 Å². The van der Waals surface area contributed by atoms with Gasteiger partial charge in [-0.2, -0.15) is 18.4 Å². The molecule has 0 aliphatic heterocycles. The predicted octanol–water partition coefficient (Wildman–Crippen LogP) is 3.05. The van der Waals surface area contributed by atoms with Crippen molar-refractivity contribution in [2.24, 2.45) is 0 Å². The molecule has 0 radical (unpaired) electrons. The van der Waals surface area contributed by atoms with Crippen LogP contribution in [0.5, 0.6) is 0 Å². The number of anilines is 1. The van der Waals surface area contributed by atoms with E-state index >= 15 is 0 Å². The summed E-state index contributed by atoms with van der Waals surface area (Å²) in [6.07, 6.45) is -3.25. The maximum absolute atomic E-state index is 12.4. The molecule has 0 aliphatic carbocycles. The van der Waals surface area contributed by atoms with Crippen LogP contribution in [0.2, 0.25) is 0 Å². The first-order valence-corrected chi connectivity index (χ1v) is 6.09. The summed E-state index contributed by atoms with van der Waals surface area (Å²) in [6.45, 7) is 3.49. The van der Waals surface area contributed by atoms with E-state index in [-0.39, 0.29) is 11.6 Å². The van der Waals surface area contributed by atoms with Gasteiger partial charge in [0.05, 0.1) is 5.56 Å². The number of carbonyl (C=O) groups excluding carboxylic acids is 1. The number of nitrogens with one attached hydrogen (secondary N) is 2. The molecule has 1 aromatic rings. The molecule has 112 valence electrons. The Balaban J connectivity index is 2.79. The molecule has 0 unspecified atom stereocenters. The Morgan fingerprint density at radius 3 is 2.29 bits per heavy atom. The van der Waals surface area contributed by atoms with Gasteiger partial charge in [-0.15, -0.1) is 0 Å². The lowest BCUT2D eigenvalue weighted by Crippen LogP contribution is -2.31. The first-order valence-electron chi connectivity index (χ1n) is 6.09. The van der Waals surface area contributed by atoms with Crippen molar-refractivity contribution in [2.45, 2.75) is 26.1 Å². The van der Waals surface area contributed by atoms with Gasteiger partial charge in [0.25, 0.3) is 5.91 Å². The number of nitrogens with zero attached hydrogens (tertiary/aromatic N) is 1. The lowest BCUT2D eigenvalue weighted by molar-refractivity contribution is -0.137. The molecule has 0 atom stereocenters. The molecule has 2 N–H and O–H groups in total. The molecule has 4 nitrogen and oxygen atoms in total. The molecule has 0 aromatic heterocycles. The quantitative estimate of drug-likeness (QED) is 0.663. The van der Waals surface area contributed by atoms with Gasteiger partial charge in [0.1, 0.15) is 11.6 Å². The number of alkyl halides is 3. The maximum Gasteiger partial charge on any atom is 0.416 e. The van der Waals surface area contributed by atoms with Crippen LogP contribution < -0.4 is 10.6 Å². The Labute approximate surface area is 120 Å². The Bertz CT molecular complexity index is 569. The van der Waals surface area contributed by atoms with Crippen molar-refractivity contribution in [3.8, 4) is 6.07 Å². The standard InChI is InChI=1S/C14H14F3N3O/c1-9(2)20-13(21)10(7-18)8-19-12-5-3-11(4-6-12)14(15,16)17/h3-6,8-9,19H,1-2H3,(H,20,21)/b10-8-. The van der Waals surface area contributed by atoms with E-state index in [1.54, 1.807) is 19.9 Å². The fourth-order valence-electron chi connectivity index (χ4n) is 1.40. The number of carbonyl (C=O) groups is 1. The van der Waals surface area contributed by atoms with E-state index in [2.05, 4.69) is 10.6 Å². The number of halogens is 3. The van der Waals surface area contributed by atoms with Crippen LogP contribution in [-0.2, 0) is 11.0 Å².